The van der Waals surface area contributed by atoms with Crippen molar-refractivity contribution in [3.05, 3.63) is 75.5 Å². The Kier molecular flexibility index (Phi) is 5.16. The number of rotatable bonds is 6. The van der Waals surface area contributed by atoms with Gasteiger partial charge in [0.25, 0.3) is 11.8 Å². The minimum absolute atomic E-state index is 0.0577. The van der Waals surface area contributed by atoms with Crippen LogP contribution in [0.4, 0.5) is 0 Å². The van der Waals surface area contributed by atoms with E-state index in [9.17, 15) is 24.5 Å². The molecular weight excluding hydrogens is 368 g/mol. The molecule has 2 aromatic carbocycles. The van der Waals surface area contributed by atoms with Crippen LogP contribution in [0.5, 0.6) is 11.5 Å². The van der Waals surface area contributed by atoms with E-state index in [1.54, 1.807) is 12.1 Å². The molecule has 0 spiro atoms. The average Bonchev–Trinajstić information content (AvgIpc) is 2.92. The van der Waals surface area contributed by atoms with E-state index in [1.807, 2.05) is 0 Å². The molecule has 9 heteroatoms. The van der Waals surface area contributed by atoms with Crippen molar-refractivity contribution in [3.8, 4) is 11.5 Å². The summed E-state index contributed by atoms with van der Waals surface area (Å²) in [6.07, 6.45) is 2.02. The van der Waals surface area contributed by atoms with Crippen molar-refractivity contribution in [1.82, 2.24) is 4.90 Å². The third-order valence-electron chi connectivity index (χ3n) is 3.97. The molecule has 2 amide bonds. The third kappa shape index (κ3) is 3.73. The molecule has 0 saturated carbocycles. The number of nitro groups is 1. The predicted octanol–water partition coefficient (Wildman–Crippen LogP) is 2.14. The Bertz CT molecular complexity index is 978. The topological polar surface area (TPSA) is 116 Å². The molecule has 1 heterocycles. The van der Waals surface area contributed by atoms with E-state index in [4.69, 9.17) is 9.47 Å². The summed E-state index contributed by atoms with van der Waals surface area (Å²) in [6, 6.07) is 10.6. The summed E-state index contributed by atoms with van der Waals surface area (Å²) in [5.41, 5.74) is 0.938. The first-order valence-electron chi connectivity index (χ1n) is 8.06. The number of benzene rings is 2. The van der Waals surface area contributed by atoms with Gasteiger partial charge in [-0.25, -0.2) is 4.79 Å². The highest BCUT2D eigenvalue weighted by Crippen LogP contribution is 2.29. The number of hydrogen-bond donors (Lipinski definition) is 0. The van der Waals surface area contributed by atoms with Crippen LogP contribution in [0.15, 0.2) is 48.7 Å². The van der Waals surface area contributed by atoms with Gasteiger partial charge < -0.3 is 9.47 Å². The Morgan fingerprint density at radius 2 is 1.75 bits per heavy atom. The van der Waals surface area contributed by atoms with Crippen LogP contribution in [0.3, 0.4) is 0 Å². The maximum Gasteiger partial charge on any atom is 0.331 e. The number of nitrogens with zero attached hydrogens (tertiary/aromatic N) is 2. The van der Waals surface area contributed by atoms with Crippen molar-refractivity contribution < 1.29 is 28.8 Å². The first kappa shape index (κ1) is 18.8. The van der Waals surface area contributed by atoms with E-state index in [0.717, 1.165) is 11.1 Å². The van der Waals surface area contributed by atoms with Gasteiger partial charge in [-0.3, -0.25) is 24.6 Å². The van der Waals surface area contributed by atoms with Gasteiger partial charge in [-0.2, -0.15) is 0 Å². The molecule has 0 unspecified atom stereocenters. The average molecular weight is 382 g/mol. The lowest BCUT2D eigenvalue weighted by molar-refractivity contribution is -0.400. The summed E-state index contributed by atoms with van der Waals surface area (Å²) in [5, 5.41) is 10.4. The van der Waals surface area contributed by atoms with E-state index in [-0.39, 0.29) is 22.6 Å². The van der Waals surface area contributed by atoms with E-state index in [1.165, 1.54) is 43.5 Å². The van der Waals surface area contributed by atoms with Crippen molar-refractivity contribution in [1.29, 1.82) is 0 Å². The summed E-state index contributed by atoms with van der Waals surface area (Å²) in [5.74, 6) is -1.74. The highest BCUT2D eigenvalue weighted by atomic mass is 16.6. The fraction of sp³-hybridized carbons (Fsp3) is 0.105. The van der Waals surface area contributed by atoms with Gasteiger partial charge in [0.2, 0.25) is 6.20 Å². The van der Waals surface area contributed by atoms with Gasteiger partial charge in [0.1, 0.15) is 6.54 Å². The molecule has 2 aromatic rings. The normalized spacial score (nSPS) is 13.0. The van der Waals surface area contributed by atoms with Crippen LogP contribution in [0.25, 0.3) is 6.08 Å². The Morgan fingerprint density at radius 3 is 2.32 bits per heavy atom. The van der Waals surface area contributed by atoms with Gasteiger partial charge in [-0.05, 0) is 29.8 Å². The quantitative estimate of drug-likeness (QED) is 0.247. The van der Waals surface area contributed by atoms with Crippen molar-refractivity contribution in [2.24, 2.45) is 0 Å². The number of hydrogen-bond acceptors (Lipinski definition) is 7. The molecule has 1 aliphatic heterocycles. The van der Waals surface area contributed by atoms with Crippen LogP contribution in [0, 0.1) is 10.1 Å². The number of amides is 2. The highest BCUT2D eigenvalue weighted by molar-refractivity contribution is 6.22. The second kappa shape index (κ2) is 7.70. The van der Waals surface area contributed by atoms with Crippen molar-refractivity contribution in [3.63, 3.8) is 0 Å². The lowest BCUT2D eigenvalue weighted by atomic mass is 10.1. The number of ether oxygens (including phenoxy) is 2. The van der Waals surface area contributed by atoms with E-state index < -0.39 is 29.3 Å². The van der Waals surface area contributed by atoms with Gasteiger partial charge >= 0.3 is 5.97 Å². The molecule has 1 aliphatic rings. The smallest absolute Gasteiger partial charge is 0.331 e. The molecule has 0 N–H and O–H groups in total. The van der Waals surface area contributed by atoms with Gasteiger partial charge in [-0.15, -0.1) is 0 Å². The molecule has 3 rings (SSSR count). The van der Waals surface area contributed by atoms with Gasteiger partial charge in [0.05, 0.1) is 23.2 Å². The van der Waals surface area contributed by atoms with E-state index >= 15 is 0 Å². The summed E-state index contributed by atoms with van der Waals surface area (Å²) in [7, 11) is 1.35. The summed E-state index contributed by atoms with van der Waals surface area (Å²) in [4.78, 5) is 47.5. The zero-order valence-electron chi connectivity index (χ0n) is 14.7. The molecule has 0 saturated heterocycles. The molecule has 28 heavy (non-hydrogen) atoms. The molecule has 0 atom stereocenters. The fourth-order valence-corrected chi connectivity index (χ4v) is 2.69. The van der Waals surface area contributed by atoms with Gasteiger partial charge in [0.15, 0.2) is 11.5 Å². The largest absolute Gasteiger partial charge is 0.493 e. The number of fused-ring (bicyclic) bond motifs is 1. The second-order valence-electron chi connectivity index (χ2n) is 5.73. The standard InChI is InChI=1S/C19H14N2O7/c1-27-16-10-12(8-9-21(25)26)6-7-15(16)28-17(22)11-20-18(23)13-4-2-3-5-14(13)19(20)24/h2-10H,11H2,1H3. The molecule has 0 aliphatic carbocycles. The first-order chi connectivity index (χ1) is 13.4. The number of carbonyl (C=O) groups is 3. The highest BCUT2D eigenvalue weighted by Gasteiger charge is 2.36. The number of imide groups is 1. The summed E-state index contributed by atoms with van der Waals surface area (Å²) < 4.78 is 10.3. The molecule has 0 fully saturated rings. The van der Waals surface area contributed by atoms with Crippen LogP contribution in [0.2, 0.25) is 0 Å². The lowest BCUT2D eigenvalue weighted by Crippen LogP contribution is -2.36. The van der Waals surface area contributed by atoms with E-state index in [2.05, 4.69) is 0 Å². The fourth-order valence-electron chi connectivity index (χ4n) is 2.69. The maximum absolute atomic E-state index is 12.3. The summed E-state index contributed by atoms with van der Waals surface area (Å²) in [6.45, 7) is -0.557. The predicted molar refractivity (Wildman–Crippen MR) is 96.5 cm³/mol. The van der Waals surface area contributed by atoms with Crippen LogP contribution < -0.4 is 9.47 Å². The maximum atomic E-state index is 12.3. The SMILES string of the molecule is COc1cc(C=C[N+](=O)[O-])ccc1OC(=O)CN1C(=O)c2ccccc2C1=O. The Labute approximate surface area is 158 Å². The zero-order valence-corrected chi connectivity index (χ0v) is 14.7. The van der Waals surface area contributed by atoms with Crippen molar-refractivity contribution in [2.45, 2.75) is 0 Å². The van der Waals surface area contributed by atoms with E-state index in [0.29, 0.717) is 5.56 Å². The molecule has 0 radical (unpaired) electrons. The lowest BCUT2D eigenvalue weighted by Gasteiger charge is -2.14. The molecule has 9 nitrogen and oxygen atoms in total. The zero-order chi connectivity index (χ0) is 20.3. The van der Waals surface area contributed by atoms with Gasteiger partial charge in [-0.1, -0.05) is 18.2 Å². The Morgan fingerprint density at radius 1 is 1.11 bits per heavy atom. The van der Waals surface area contributed by atoms with Crippen molar-refractivity contribution in [2.75, 3.05) is 13.7 Å². The monoisotopic (exact) mass is 382 g/mol. The van der Waals surface area contributed by atoms with Crippen LogP contribution in [0.1, 0.15) is 26.3 Å². The minimum Gasteiger partial charge on any atom is -0.493 e. The third-order valence-corrected chi connectivity index (χ3v) is 3.97. The first-order valence-corrected chi connectivity index (χ1v) is 8.06. The Hall–Kier alpha value is -4.01. The van der Waals surface area contributed by atoms with Crippen LogP contribution in [-0.2, 0) is 4.79 Å². The minimum atomic E-state index is -0.832. The van der Waals surface area contributed by atoms with Gasteiger partial charge in [0, 0.05) is 6.08 Å². The van der Waals surface area contributed by atoms with Crippen molar-refractivity contribution >= 4 is 23.9 Å². The molecular formula is C19H14N2O7. The molecule has 0 aromatic heterocycles. The van der Waals surface area contributed by atoms with Crippen LogP contribution in [-0.4, -0.2) is 41.3 Å². The molecule has 0 bridgehead atoms. The second-order valence-corrected chi connectivity index (χ2v) is 5.73. The number of methoxy groups -OCH3 is 1. The van der Waals surface area contributed by atoms with Crippen LogP contribution >= 0.6 is 0 Å². The summed E-state index contributed by atoms with van der Waals surface area (Å²) >= 11 is 0. The Balaban J connectivity index is 1.73. The number of carbonyl (C=O) groups excluding carboxylic acids is 3. The molecule has 142 valence electrons. The number of esters is 1.